The standard InChI is InChI=1S/C6H11NO2.C2H4/c1-2-6(9)7-4-3-5-8;1-2/h2,8H,1,3-5H2,(H,7,9);1-2H2. The molecule has 0 aromatic rings. The molecule has 0 heterocycles. The molecule has 3 nitrogen and oxygen atoms in total. The SMILES string of the molecule is C=C.C=CC(=O)NCCCO. The summed E-state index contributed by atoms with van der Waals surface area (Å²) in [6.07, 6.45) is 1.80. The van der Waals surface area contributed by atoms with Crippen molar-refractivity contribution >= 4 is 5.91 Å². The first-order valence-electron chi connectivity index (χ1n) is 3.32. The van der Waals surface area contributed by atoms with Crippen LogP contribution in [0.3, 0.4) is 0 Å². The van der Waals surface area contributed by atoms with Crippen molar-refractivity contribution in [1.82, 2.24) is 5.32 Å². The first-order chi connectivity index (χ1) is 5.31. The average Bonchev–Trinajstić information content (AvgIpc) is 2.08. The van der Waals surface area contributed by atoms with Gasteiger partial charge in [-0.25, -0.2) is 0 Å². The number of aliphatic hydroxyl groups excluding tert-OH is 1. The highest BCUT2D eigenvalue weighted by Gasteiger charge is 1.89. The minimum Gasteiger partial charge on any atom is -0.396 e. The Hall–Kier alpha value is -1.09. The number of rotatable bonds is 4. The molecule has 0 aromatic carbocycles. The van der Waals surface area contributed by atoms with Crippen LogP contribution in [0.15, 0.2) is 25.8 Å². The van der Waals surface area contributed by atoms with Crippen LogP contribution in [0.4, 0.5) is 0 Å². The molecule has 0 spiro atoms. The van der Waals surface area contributed by atoms with Crippen LogP contribution in [0.1, 0.15) is 6.42 Å². The quantitative estimate of drug-likeness (QED) is 0.354. The molecular weight excluding hydrogens is 142 g/mol. The number of hydrogen-bond donors (Lipinski definition) is 2. The highest BCUT2D eigenvalue weighted by atomic mass is 16.3. The predicted octanol–water partition coefficient (Wildman–Crippen LogP) is 0.473. The maximum absolute atomic E-state index is 10.4. The lowest BCUT2D eigenvalue weighted by Crippen LogP contribution is -2.22. The molecule has 0 fully saturated rings. The van der Waals surface area contributed by atoms with Crippen LogP contribution in [0.25, 0.3) is 0 Å². The van der Waals surface area contributed by atoms with Gasteiger partial charge in [-0.2, -0.15) is 0 Å². The zero-order valence-electron chi connectivity index (χ0n) is 6.68. The molecule has 0 radical (unpaired) electrons. The zero-order valence-corrected chi connectivity index (χ0v) is 6.68. The second kappa shape index (κ2) is 11.7. The number of aliphatic hydroxyl groups is 1. The Morgan fingerprint density at radius 1 is 1.55 bits per heavy atom. The van der Waals surface area contributed by atoms with E-state index in [1.165, 1.54) is 6.08 Å². The molecule has 1 amide bonds. The molecule has 0 rings (SSSR count). The van der Waals surface area contributed by atoms with E-state index in [9.17, 15) is 4.79 Å². The minimum absolute atomic E-state index is 0.109. The second-order valence-electron chi connectivity index (χ2n) is 1.57. The number of nitrogens with one attached hydrogen (secondary N) is 1. The molecule has 0 aromatic heterocycles. The van der Waals surface area contributed by atoms with E-state index >= 15 is 0 Å². The van der Waals surface area contributed by atoms with Gasteiger partial charge in [-0.3, -0.25) is 4.79 Å². The van der Waals surface area contributed by atoms with Crippen LogP contribution >= 0.6 is 0 Å². The van der Waals surface area contributed by atoms with Crippen molar-refractivity contribution in [2.24, 2.45) is 0 Å². The number of carbonyl (C=O) groups is 1. The third kappa shape index (κ3) is 12.2. The van der Waals surface area contributed by atoms with Crippen molar-refractivity contribution in [2.45, 2.75) is 6.42 Å². The van der Waals surface area contributed by atoms with Gasteiger partial charge in [0.15, 0.2) is 0 Å². The summed E-state index contributed by atoms with van der Waals surface area (Å²) >= 11 is 0. The fourth-order valence-corrected chi connectivity index (χ4v) is 0.363. The summed E-state index contributed by atoms with van der Waals surface area (Å²) in [5.74, 6) is -0.191. The Balaban J connectivity index is 0. The summed E-state index contributed by atoms with van der Waals surface area (Å²) in [7, 11) is 0. The predicted molar refractivity (Wildman–Crippen MR) is 46.2 cm³/mol. The van der Waals surface area contributed by atoms with Crippen LogP contribution in [-0.4, -0.2) is 24.2 Å². The van der Waals surface area contributed by atoms with Crippen molar-refractivity contribution in [2.75, 3.05) is 13.2 Å². The smallest absolute Gasteiger partial charge is 0.243 e. The summed E-state index contributed by atoms with van der Waals surface area (Å²) in [6.45, 7) is 9.89. The molecule has 0 aliphatic carbocycles. The fraction of sp³-hybridized carbons (Fsp3) is 0.375. The molecule has 0 bridgehead atoms. The van der Waals surface area contributed by atoms with E-state index in [0.717, 1.165) is 0 Å². The Morgan fingerprint density at radius 3 is 2.45 bits per heavy atom. The second-order valence-corrected chi connectivity index (χ2v) is 1.57. The number of amides is 1. The van der Waals surface area contributed by atoms with Crippen LogP contribution < -0.4 is 5.32 Å². The van der Waals surface area contributed by atoms with Crippen LogP contribution in [0, 0.1) is 0 Å². The van der Waals surface area contributed by atoms with Crippen molar-refractivity contribution in [3.63, 3.8) is 0 Å². The van der Waals surface area contributed by atoms with Gasteiger partial charge >= 0.3 is 0 Å². The summed E-state index contributed by atoms with van der Waals surface area (Å²) in [5, 5.41) is 10.8. The van der Waals surface area contributed by atoms with Crippen molar-refractivity contribution in [1.29, 1.82) is 0 Å². The van der Waals surface area contributed by atoms with Gasteiger partial charge < -0.3 is 10.4 Å². The molecule has 11 heavy (non-hydrogen) atoms. The van der Waals surface area contributed by atoms with Gasteiger partial charge in [0.1, 0.15) is 0 Å². The maximum Gasteiger partial charge on any atom is 0.243 e. The van der Waals surface area contributed by atoms with Gasteiger partial charge in [-0.15, -0.1) is 13.2 Å². The molecule has 0 saturated heterocycles. The lowest BCUT2D eigenvalue weighted by atomic mass is 10.4. The van der Waals surface area contributed by atoms with Crippen molar-refractivity contribution in [3.8, 4) is 0 Å². The molecule has 64 valence electrons. The highest BCUT2D eigenvalue weighted by molar-refractivity contribution is 5.86. The molecule has 0 aliphatic rings. The summed E-state index contributed by atoms with van der Waals surface area (Å²) in [4.78, 5) is 10.4. The third-order valence-electron chi connectivity index (χ3n) is 0.820. The first-order valence-corrected chi connectivity index (χ1v) is 3.32. The van der Waals surface area contributed by atoms with Gasteiger partial charge in [0.25, 0.3) is 0 Å². The third-order valence-corrected chi connectivity index (χ3v) is 0.820. The Morgan fingerprint density at radius 2 is 2.09 bits per heavy atom. The number of carbonyl (C=O) groups excluding carboxylic acids is 1. The molecular formula is C8H15NO2. The van der Waals surface area contributed by atoms with Crippen molar-refractivity contribution in [3.05, 3.63) is 25.8 Å². The van der Waals surface area contributed by atoms with Crippen molar-refractivity contribution < 1.29 is 9.90 Å². The van der Waals surface area contributed by atoms with Crippen LogP contribution in [-0.2, 0) is 4.79 Å². The summed E-state index contributed by atoms with van der Waals surface area (Å²) in [6, 6.07) is 0. The molecule has 2 N–H and O–H groups in total. The topological polar surface area (TPSA) is 49.3 Å². The van der Waals surface area contributed by atoms with E-state index in [-0.39, 0.29) is 12.5 Å². The largest absolute Gasteiger partial charge is 0.396 e. The minimum atomic E-state index is -0.191. The lowest BCUT2D eigenvalue weighted by Gasteiger charge is -1.96. The van der Waals surface area contributed by atoms with Gasteiger partial charge in [0.2, 0.25) is 5.91 Å². The monoisotopic (exact) mass is 157 g/mol. The van der Waals surface area contributed by atoms with E-state index < -0.39 is 0 Å². The average molecular weight is 157 g/mol. The van der Waals surface area contributed by atoms with E-state index in [2.05, 4.69) is 25.1 Å². The fourth-order valence-electron chi connectivity index (χ4n) is 0.363. The highest BCUT2D eigenvalue weighted by Crippen LogP contribution is 1.72. The van der Waals surface area contributed by atoms with E-state index in [1.807, 2.05) is 0 Å². The van der Waals surface area contributed by atoms with Gasteiger partial charge in [0.05, 0.1) is 0 Å². The molecule has 3 heteroatoms. The first kappa shape index (κ1) is 12.6. The van der Waals surface area contributed by atoms with Gasteiger partial charge in [0, 0.05) is 13.2 Å². The molecule has 0 aliphatic heterocycles. The molecule has 0 unspecified atom stereocenters. The lowest BCUT2D eigenvalue weighted by molar-refractivity contribution is -0.116. The van der Waals surface area contributed by atoms with Crippen LogP contribution in [0.2, 0.25) is 0 Å². The Labute approximate surface area is 67.4 Å². The summed E-state index contributed by atoms with van der Waals surface area (Å²) in [5.41, 5.74) is 0. The normalized spacial score (nSPS) is 7.36. The molecule has 0 saturated carbocycles. The van der Waals surface area contributed by atoms with Gasteiger partial charge in [-0.05, 0) is 12.5 Å². The van der Waals surface area contributed by atoms with E-state index in [0.29, 0.717) is 13.0 Å². The van der Waals surface area contributed by atoms with E-state index in [4.69, 9.17) is 5.11 Å². The van der Waals surface area contributed by atoms with E-state index in [1.54, 1.807) is 0 Å². The van der Waals surface area contributed by atoms with Gasteiger partial charge in [-0.1, -0.05) is 6.58 Å². The zero-order chi connectivity index (χ0) is 9.11. The summed E-state index contributed by atoms with van der Waals surface area (Å²) < 4.78 is 0. The van der Waals surface area contributed by atoms with Crippen LogP contribution in [0.5, 0.6) is 0 Å². The Bertz CT molecular complexity index is 113. The Kier molecular flexibility index (Phi) is 13.3. The maximum atomic E-state index is 10.4. The molecule has 0 atom stereocenters. The number of hydrogen-bond acceptors (Lipinski definition) is 2.